The Morgan fingerprint density at radius 1 is 1.58 bits per heavy atom. The lowest BCUT2D eigenvalue weighted by molar-refractivity contribution is -0.141. The first kappa shape index (κ1) is 10.5. The Morgan fingerprint density at radius 3 is 2.50 bits per heavy atom. The third-order valence-electron chi connectivity index (χ3n) is 1.25. The monoisotopic (exact) mass is 169 g/mol. The van der Waals surface area contributed by atoms with Crippen molar-refractivity contribution in [3.8, 4) is 11.8 Å². The maximum atomic E-state index is 10.8. The van der Waals surface area contributed by atoms with E-state index in [0.29, 0.717) is 6.42 Å². The lowest BCUT2D eigenvalue weighted by atomic mass is 10.2. The van der Waals surface area contributed by atoms with E-state index in [1.165, 1.54) is 6.92 Å². The molecule has 1 atom stereocenters. The Balaban J connectivity index is 4.09. The molecule has 4 heteroatoms. The van der Waals surface area contributed by atoms with Gasteiger partial charge in [-0.2, -0.15) is 0 Å². The molecule has 12 heavy (non-hydrogen) atoms. The molecule has 0 spiro atoms. The average molecular weight is 169 g/mol. The van der Waals surface area contributed by atoms with Crippen molar-refractivity contribution in [1.29, 1.82) is 0 Å². The molecule has 66 valence electrons. The van der Waals surface area contributed by atoms with Gasteiger partial charge in [0, 0.05) is 0 Å². The molecular formula is C8H11NO3. The summed E-state index contributed by atoms with van der Waals surface area (Å²) < 4.78 is 0. The summed E-state index contributed by atoms with van der Waals surface area (Å²) in [5.74, 6) is 3.00. The van der Waals surface area contributed by atoms with Gasteiger partial charge in [-0.15, -0.1) is 0 Å². The second-order valence-electron chi connectivity index (χ2n) is 2.15. The van der Waals surface area contributed by atoms with Crippen LogP contribution in [0.15, 0.2) is 0 Å². The summed E-state index contributed by atoms with van der Waals surface area (Å²) >= 11 is 0. The third-order valence-corrected chi connectivity index (χ3v) is 1.25. The highest BCUT2D eigenvalue weighted by Gasteiger charge is 2.15. The minimum absolute atomic E-state index is 0.354. The number of carbonyl (C=O) groups excluding carboxylic acids is 1. The predicted octanol–water partition coefficient (Wildman–Crippen LogP) is -0.0109. The topological polar surface area (TPSA) is 66.4 Å². The molecule has 0 unspecified atom stereocenters. The summed E-state index contributed by atoms with van der Waals surface area (Å²) in [6.45, 7) is 3.19. The molecule has 0 fully saturated rings. The van der Waals surface area contributed by atoms with E-state index in [-0.39, 0.29) is 0 Å². The Bertz CT molecular complexity index is 236. The van der Waals surface area contributed by atoms with Crippen LogP contribution in [0, 0.1) is 11.8 Å². The van der Waals surface area contributed by atoms with Crippen molar-refractivity contribution in [1.82, 2.24) is 5.32 Å². The molecule has 0 heterocycles. The number of hydrogen-bond donors (Lipinski definition) is 2. The van der Waals surface area contributed by atoms with Crippen molar-refractivity contribution >= 4 is 11.9 Å². The van der Waals surface area contributed by atoms with Crippen LogP contribution in [0.2, 0.25) is 0 Å². The zero-order chi connectivity index (χ0) is 9.56. The zero-order valence-corrected chi connectivity index (χ0v) is 7.05. The summed E-state index contributed by atoms with van der Waals surface area (Å²) in [7, 11) is 0. The molecular weight excluding hydrogens is 158 g/mol. The highest BCUT2D eigenvalue weighted by molar-refractivity contribution is 5.95. The Morgan fingerprint density at radius 2 is 2.17 bits per heavy atom. The van der Waals surface area contributed by atoms with E-state index < -0.39 is 17.9 Å². The molecule has 4 nitrogen and oxygen atoms in total. The molecule has 0 aromatic heterocycles. The minimum Gasteiger partial charge on any atom is -0.480 e. The van der Waals surface area contributed by atoms with Crippen LogP contribution in [0.25, 0.3) is 0 Å². The number of hydrogen-bond acceptors (Lipinski definition) is 2. The van der Waals surface area contributed by atoms with Gasteiger partial charge in [-0.25, -0.2) is 4.79 Å². The summed E-state index contributed by atoms with van der Waals surface area (Å²) in [5.41, 5.74) is 0. The Hall–Kier alpha value is -1.50. The molecule has 0 aromatic carbocycles. The van der Waals surface area contributed by atoms with E-state index in [1.54, 1.807) is 6.92 Å². The predicted molar refractivity (Wildman–Crippen MR) is 43.3 cm³/mol. The number of carbonyl (C=O) groups is 2. The lowest BCUT2D eigenvalue weighted by Crippen LogP contribution is -2.39. The number of aliphatic carboxylic acids is 1. The fourth-order valence-electron chi connectivity index (χ4n) is 0.646. The van der Waals surface area contributed by atoms with E-state index in [1.807, 2.05) is 0 Å². The van der Waals surface area contributed by atoms with E-state index in [9.17, 15) is 9.59 Å². The van der Waals surface area contributed by atoms with Gasteiger partial charge in [0.2, 0.25) is 0 Å². The number of carboxylic acids is 1. The minimum atomic E-state index is -1.04. The van der Waals surface area contributed by atoms with Crippen molar-refractivity contribution in [3.05, 3.63) is 0 Å². The molecule has 0 saturated heterocycles. The smallest absolute Gasteiger partial charge is 0.326 e. The fourth-order valence-corrected chi connectivity index (χ4v) is 0.646. The van der Waals surface area contributed by atoms with Crippen LogP contribution < -0.4 is 5.32 Å². The summed E-state index contributed by atoms with van der Waals surface area (Å²) in [6, 6.07) is -0.835. The van der Waals surface area contributed by atoms with Gasteiger partial charge in [-0.3, -0.25) is 4.79 Å². The molecule has 0 aliphatic heterocycles. The molecule has 2 N–H and O–H groups in total. The van der Waals surface area contributed by atoms with E-state index >= 15 is 0 Å². The van der Waals surface area contributed by atoms with Gasteiger partial charge < -0.3 is 10.4 Å². The molecule has 0 saturated carbocycles. The van der Waals surface area contributed by atoms with Crippen molar-refractivity contribution < 1.29 is 14.7 Å². The van der Waals surface area contributed by atoms with Gasteiger partial charge in [-0.05, 0) is 19.3 Å². The van der Waals surface area contributed by atoms with E-state index in [4.69, 9.17) is 5.11 Å². The van der Waals surface area contributed by atoms with Crippen LogP contribution in [0.4, 0.5) is 0 Å². The van der Waals surface area contributed by atoms with Crippen LogP contribution in [-0.2, 0) is 9.59 Å². The van der Waals surface area contributed by atoms with Crippen LogP contribution in [0.3, 0.4) is 0 Å². The van der Waals surface area contributed by atoms with Gasteiger partial charge in [0.05, 0.1) is 0 Å². The first-order valence-corrected chi connectivity index (χ1v) is 3.57. The number of rotatable bonds is 3. The van der Waals surface area contributed by atoms with Crippen molar-refractivity contribution in [3.63, 3.8) is 0 Å². The third kappa shape index (κ3) is 3.62. The largest absolute Gasteiger partial charge is 0.480 e. The molecule has 0 aromatic rings. The van der Waals surface area contributed by atoms with Crippen molar-refractivity contribution in [2.75, 3.05) is 0 Å². The van der Waals surface area contributed by atoms with Crippen LogP contribution >= 0.6 is 0 Å². The van der Waals surface area contributed by atoms with Crippen LogP contribution in [0.1, 0.15) is 20.3 Å². The first-order chi connectivity index (χ1) is 5.61. The zero-order valence-electron chi connectivity index (χ0n) is 7.05. The molecule has 1 amide bonds. The molecule has 0 aliphatic rings. The quantitative estimate of drug-likeness (QED) is 0.584. The standard InChI is InChI=1S/C8H11NO3/c1-3-5-7(10)9-6(4-2)8(11)12/h6H,4H2,1-2H3,(H,9,10)(H,11,12)/t6-/m0/s1. The SMILES string of the molecule is CC#CC(=O)N[C@@H](CC)C(=O)O. The first-order valence-electron chi connectivity index (χ1n) is 3.57. The van der Waals surface area contributed by atoms with Crippen LogP contribution in [0.5, 0.6) is 0 Å². The summed E-state index contributed by atoms with van der Waals surface area (Å²) in [4.78, 5) is 21.2. The Kier molecular flexibility index (Phi) is 4.54. The maximum Gasteiger partial charge on any atom is 0.326 e. The summed E-state index contributed by atoms with van der Waals surface area (Å²) in [5, 5.41) is 10.8. The normalized spacial score (nSPS) is 10.8. The molecule has 0 bridgehead atoms. The number of nitrogens with one attached hydrogen (secondary N) is 1. The highest BCUT2D eigenvalue weighted by Crippen LogP contribution is 1.89. The summed E-state index contributed by atoms with van der Waals surface area (Å²) in [6.07, 6.45) is 0.354. The average Bonchev–Trinajstić information content (AvgIpc) is 2.00. The van der Waals surface area contributed by atoms with Gasteiger partial charge in [0.15, 0.2) is 0 Å². The number of amides is 1. The fraction of sp³-hybridized carbons (Fsp3) is 0.500. The van der Waals surface area contributed by atoms with Crippen molar-refractivity contribution in [2.24, 2.45) is 0 Å². The highest BCUT2D eigenvalue weighted by atomic mass is 16.4. The van der Waals surface area contributed by atoms with Gasteiger partial charge in [0.25, 0.3) is 5.91 Å². The lowest BCUT2D eigenvalue weighted by Gasteiger charge is -2.08. The van der Waals surface area contributed by atoms with Gasteiger partial charge in [-0.1, -0.05) is 12.8 Å². The molecule has 0 rings (SSSR count). The van der Waals surface area contributed by atoms with Gasteiger partial charge >= 0.3 is 5.97 Å². The van der Waals surface area contributed by atoms with Gasteiger partial charge in [0.1, 0.15) is 6.04 Å². The van der Waals surface area contributed by atoms with Crippen LogP contribution in [-0.4, -0.2) is 23.0 Å². The van der Waals surface area contributed by atoms with E-state index in [2.05, 4.69) is 17.2 Å². The molecule has 0 aliphatic carbocycles. The number of carboxylic acid groups (broad SMARTS) is 1. The maximum absolute atomic E-state index is 10.8. The second kappa shape index (κ2) is 5.19. The van der Waals surface area contributed by atoms with E-state index in [0.717, 1.165) is 0 Å². The second-order valence-corrected chi connectivity index (χ2v) is 2.15. The molecule has 0 radical (unpaired) electrons. The Labute approximate surface area is 71.0 Å². The van der Waals surface area contributed by atoms with Crippen molar-refractivity contribution in [2.45, 2.75) is 26.3 Å².